The summed E-state index contributed by atoms with van der Waals surface area (Å²) in [6.45, 7) is 1.76. The lowest BCUT2D eigenvalue weighted by molar-refractivity contribution is 0.442. The topological polar surface area (TPSA) is 33.4 Å². The van der Waals surface area contributed by atoms with Crippen LogP contribution in [0.4, 0.5) is 8.78 Å². The van der Waals surface area contributed by atoms with E-state index in [2.05, 4.69) is 0 Å². The molecule has 14 heavy (non-hydrogen) atoms. The van der Waals surface area contributed by atoms with Crippen LogP contribution in [0.5, 0.6) is 5.75 Å². The zero-order chi connectivity index (χ0) is 10.3. The molecule has 1 heterocycles. The molecule has 0 unspecified atom stereocenters. The van der Waals surface area contributed by atoms with Crippen LogP contribution in [0.2, 0.25) is 0 Å². The van der Waals surface area contributed by atoms with Gasteiger partial charge in [-0.1, -0.05) is 6.92 Å². The largest absolute Gasteiger partial charge is 0.504 e. The molecule has 1 N–H and O–H groups in total. The van der Waals surface area contributed by atoms with Crippen molar-refractivity contribution in [1.29, 1.82) is 0 Å². The molecule has 2 rings (SSSR count). The van der Waals surface area contributed by atoms with Gasteiger partial charge in [-0.05, 0) is 0 Å². The summed E-state index contributed by atoms with van der Waals surface area (Å²) in [5, 5.41) is 9.45. The molecule has 4 heteroatoms. The maximum Gasteiger partial charge on any atom is 0.168 e. The van der Waals surface area contributed by atoms with Crippen molar-refractivity contribution in [2.45, 2.75) is 13.3 Å². The van der Waals surface area contributed by atoms with Gasteiger partial charge in [-0.3, -0.25) is 0 Å². The zero-order valence-corrected chi connectivity index (χ0v) is 7.47. The Bertz CT molecular complexity index is 488. The van der Waals surface area contributed by atoms with Gasteiger partial charge in [-0.15, -0.1) is 0 Å². The van der Waals surface area contributed by atoms with Crippen LogP contribution >= 0.6 is 0 Å². The predicted molar refractivity (Wildman–Crippen MR) is 47.2 cm³/mol. The van der Waals surface area contributed by atoms with Gasteiger partial charge in [0.15, 0.2) is 5.75 Å². The smallest absolute Gasteiger partial charge is 0.168 e. The van der Waals surface area contributed by atoms with Crippen molar-refractivity contribution >= 4 is 11.0 Å². The van der Waals surface area contributed by atoms with Crippen LogP contribution in [0, 0.1) is 11.6 Å². The Kier molecular flexibility index (Phi) is 1.91. The molecule has 0 aliphatic heterocycles. The lowest BCUT2D eigenvalue weighted by atomic mass is 10.2. The van der Waals surface area contributed by atoms with Crippen LogP contribution in [-0.4, -0.2) is 5.11 Å². The van der Waals surface area contributed by atoms with Crippen molar-refractivity contribution in [3.63, 3.8) is 0 Å². The lowest BCUT2D eigenvalue weighted by Crippen LogP contribution is -1.79. The molecule has 0 aliphatic carbocycles. The minimum atomic E-state index is -0.805. The maximum absolute atomic E-state index is 13.2. The molecule has 0 spiro atoms. The Labute approximate surface area is 78.8 Å². The molecule has 0 radical (unpaired) electrons. The normalized spacial score (nSPS) is 11.1. The van der Waals surface area contributed by atoms with E-state index in [-0.39, 0.29) is 22.5 Å². The zero-order valence-electron chi connectivity index (χ0n) is 7.47. The molecular formula is C10H8F2O2. The maximum atomic E-state index is 13.2. The molecule has 0 saturated heterocycles. The Morgan fingerprint density at radius 2 is 2.07 bits per heavy atom. The first-order valence-electron chi connectivity index (χ1n) is 4.23. The van der Waals surface area contributed by atoms with Crippen LogP contribution in [0.1, 0.15) is 12.7 Å². The Balaban J connectivity index is 2.85. The van der Waals surface area contributed by atoms with Gasteiger partial charge < -0.3 is 9.52 Å². The third-order valence-corrected chi connectivity index (χ3v) is 2.07. The molecule has 1 aromatic heterocycles. The van der Waals surface area contributed by atoms with Crippen molar-refractivity contribution in [1.82, 2.24) is 0 Å². The molecule has 2 nitrogen and oxygen atoms in total. The van der Waals surface area contributed by atoms with E-state index in [1.807, 2.05) is 0 Å². The monoisotopic (exact) mass is 198 g/mol. The number of hydrogen-bond acceptors (Lipinski definition) is 2. The average molecular weight is 198 g/mol. The van der Waals surface area contributed by atoms with Gasteiger partial charge in [0.2, 0.25) is 0 Å². The highest BCUT2D eigenvalue weighted by Gasteiger charge is 2.16. The van der Waals surface area contributed by atoms with E-state index in [0.717, 1.165) is 12.1 Å². The number of hydrogen-bond donors (Lipinski definition) is 1. The highest BCUT2D eigenvalue weighted by molar-refractivity contribution is 5.85. The first kappa shape index (κ1) is 8.99. The Hall–Kier alpha value is -1.58. The fourth-order valence-electron chi connectivity index (χ4n) is 1.42. The van der Waals surface area contributed by atoms with E-state index < -0.39 is 11.6 Å². The molecule has 0 fully saturated rings. The summed E-state index contributed by atoms with van der Waals surface area (Å²) in [7, 11) is 0. The second-order valence-corrected chi connectivity index (χ2v) is 2.99. The number of aromatic hydroxyl groups is 1. The molecule has 2 aromatic rings. The second kappa shape index (κ2) is 2.97. The minimum Gasteiger partial charge on any atom is -0.504 e. The lowest BCUT2D eigenvalue weighted by Gasteiger charge is -1.92. The third-order valence-electron chi connectivity index (χ3n) is 2.07. The highest BCUT2D eigenvalue weighted by Crippen LogP contribution is 2.34. The van der Waals surface area contributed by atoms with Crippen molar-refractivity contribution in [2.75, 3.05) is 0 Å². The van der Waals surface area contributed by atoms with Crippen LogP contribution in [-0.2, 0) is 6.42 Å². The van der Waals surface area contributed by atoms with Gasteiger partial charge in [-0.2, -0.15) is 0 Å². The molecule has 0 atom stereocenters. The fourth-order valence-corrected chi connectivity index (χ4v) is 1.42. The predicted octanol–water partition coefficient (Wildman–Crippen LogP) is 2.98. The highest BCUT2D eigenvalue weighted by atomic mass is 19.1. The summed E-state index contributed by atoms with van der Waals surface area (Å²) in [6, 6.07) is 1.77. The summed E-state index contributed by atoms with van der Waals surface area (Å²) < 4.78 is 31.0. The van der Waals surface area contributed by atoms with Gasteiger partial charge in [0.25, 0.3) is 0 Å². The SMILES string of the molecule is CCc1oc2cc(F)cc(F)c2c1O. The number of furan rings is 1. The van der Waals surface area contributed by atoms with E-state index >= 15 is 0 Å². The number of rotatable bonds is 1. The summed E-state index contributed by atoms with van der Waals surface area (Å²) in [4.78, 5) is 0. The minimum absolute atomic E-state index is 0.0388. The Morgan fingerprint density at radius 3 is 2.71 bits per heavy atom. The first-order chi connectivity index (χ1) is 6.63. The molecule has 0 amide bonds. The van der Waals surface area contributed by atoms with Crippen LogP contribution in [0.15, 0.2) is 16.5 Å². The quantitative estimate of drug-likeness (QED) is 0.764. The van der Waals surface area contributed by atoms with Gasteiger partial charge in [-0.25, -0.2) is 8.78 Å². The van der Waals surface area contributed by atoms with Gasteiger partial charge in [0.1, 0.15) is 23.0 Å². The van der Waals surface area contributed by atoms with Gasteiger partial charge >= 0.3 is 0 Å². The number of benzene rings is 1. The van der Waals surface area contributed by atoms with Crippen molar-refractivity contribution in [3.05, 3.63) is 29.5 Å². The second-order valence-electron chi connectivity index (χ2n) is 2.99. The molecule has 74 valence electrons. The molecule has 0 aliphatic rings. The van der Waals surface area contributed by atoms with Gasteiger partial charge in [0, 0.05) is 18.6 Å². The summed E-state index contributed by atoms with van der Waals surface area (Å²) >= 11 is 0. The summed E-state index contributed by atoms with van der Waals surface area (Å²) in [5.41, 5.74) is 0.0388. The average Bonchev–Trinajstić information content (AvgIpc) is 2.42. The molecule has 1 aromatic carbocycles. The van der Waals surface area contributed by atoms with E-state index in [0.29, 0.717) is 6.42 Å². The van der Waals surface area contributed by atoms with Crippen molar-refractivity contribution < 1.29 is 18.3 Å². The number of halogens is 2. The van der Waals surface area contributed by atoms with Crippen LogP contribution in [0.25, 0.3) is 11.0 Å². The van der Waals surface area contributed by atoms with E-state index in [1.54, 1.807) is 6.92 Å². The van der Waals surface area contributed by atoms with Crippen LogP contribution < -0.4 is 0 Å². The Morgan fingerprint density at radius 1 is 1.36 bits per heavy atom. The van der Waals surface area contributed by atoms with Crippen LogP contribution in [0.3, 0.4) is 0 Å². The third kappa shape index (κ3) is 1.14. The standard InChI is InChI=1S/C10H8F2O2/c1-2-7-10(13)9-6(12)3-5(11)4-8(9)14-7/h3-4,13H,2H2,1H3. The number of fused-ring (bicyclic) bond motifs is 1. The fraction of sp³-hybridized carbons (Fsp3) is 0.200. The summed E-state index contributed by atoms with van der Waals surface area (Å²) in [5.74, 6) is -1.49. The van der Waals surface area contributed by atoms with E-state index in [4.69, 9.17) is 4.42 Å². The summed E-state index contributed by atoms with van der Waals surface area (Å²) in [6.07, 6.45) is 0.432. The molecular weight excluding hydrogens is 190 g/mol. The van der Waals surface area contributed by atoms with E-state index in [9.17, 15) is 13.9 Å². The molecule has 0 bridgehead atoms. The van der Waals surface area contributed by atoms with Gasteiger partial charge in [0.05, 0.1) is 5.39 Å². The number of aryl methyl sites for hydroxylation is 1. The first-order valence-corrected chi connectivity index (χ1v) is 4.23. The molecule has 0 saturated carbocycles. The van der Waals surface area contributed by atoms with Crippen molar-refractivity contribution in [3.8, 4) is 5.75 Å². The van der Waals surface area contributed by atoms with E-state index in [1.165, 1.54) is 0 Å². The van der Waals surface area contributed by atoms with Crippen molar-refractivity contribution in [2.24, 2.45) is 0 Å².